The quantitative estimate of drug-likeness (QED) is 0.657. The molecule has 0 saturated carbocycles. The summed E-state index contributed by atoms with van der Waals surface area (Å²) in [7, 11) is 1.68. The van der Waals surface area contributed by atoms with Crippen molar-refractivity contribution in [1.29, 1.82) is 0 Å². The van der Waals surface area contributed by atoms with Crippen LogP contribution in [0.5, 0.6) is 5.75 Å². The van der Waals surface area contributed by atoms with Crippen LogP contribution in [0.25, 0.3) is 0 Å². The number of hydrogen-bond donors (Lipinski definition) is 2. The average Bonchev–Trinajstić information content (AvgIpc) is 2.39. The van der Waals surface area contributed by atoms with Gasteiger partial charge in [0, 0.05) is 19.3 Å². The third-order valence-corrected chi connectivity index (χ3v) is 2.28. The molecule has 0 saturated heterocycles. The normalized spacial score (nSPS) is 20.2. The van der Waals surface area contributed by atoms with Gasteiger partial charge in [-0.25, -0.2) is 0 Å². The molecule has 1 aromatic rings. The minimum atomic E-state index is 0.0867. The average molecular weight is 194 g/mol. The van der Waals surface area contributed by atoms with Gasteiger partial charge in [0.05, 0.1) is 5.69 Å². The number of nitrogens with one attached hydrogen (secondary N) is 1. The minimum Gasteiger partial charge on any atom is -0.489 e. The summed E-state index contributed by atoms with van der Waals surface area (Å²) >= 11 is 0. The largest absolute Gasteiger partial charge is 0.489 e. The fraction of sp³-hybridized carbons (Fsp3) is 0.400. The van der Waals surface area contributed by atoms with E-state index in [9.17, 15) is 0 Å². The van der Waals surface area contributed by atoms with Crippen LogP contribution in [0.1, 0.15) is 0 Å². The zero-order chi connectivity index (χ0) is 9.97. The molecule has 1 aliphatic rings. The first-order valence-electron chi connectivity index (χ1n) is 4.58. The second-order valence-corrected chi connectivity index (χ2v) is 3.31. The maximum Gasteiger partial charge on any atom is 0.142 e. The summed E-state index contributed by atoms with van der Waals surface area (Å²) < 4.78 is 10.8. The van der Waals surface area contributed by atoms with Gasteiger partial charge in [0.15, 0.2) is 0 Å². The van der Waals surface area contributed by atoms with Gasteiger partial charge in [0.2, 0.25) is 0 Å². The van der Waals surface area contributed by atoms with Crippen LogP contribution in [0.2, 0.25) is 0 Å². The van der Waals surface area contributed by atoms with Gasteiger partial charge in [-0.05, 0) is 18.2 Å². The summed E-state index contributed by atoms with van der Waals surface area (Å²) in [6.07, 6.45) is 0.0867. The zero-order valence-electron chi connectivity index (χ0n) is 8.12. The van der Waals surface area contributed by atoms with E-state index in [1.54, 1.807) is 7.11 Å². The fourth-order valence-corrected chi connectivity index (χ4v) is 1.43. The molecule has 1 aliphatic heterocycles. The van der Waals surface area contributed by atoms with E-state index in [-0.39, 0.29) is 6.10 Å². The molecule has 0 unspecified atom stereocenters. The van der Waals surface area contributed by atoms with Crippen LogP contribution in [0.3, 0.4) is 0 Å². The SMILES string of the molecule is CO[C@@H]1CNc2cc(N)ccc2OC1. The van der Waals surface area contributed by atoms with E-state index >= 15 is 0 Å². The number of fused-ring (bicyclic) bond motifs is 1. The third kappa shape index (κ3) is 1.75. The molecule has 0 spiro atoms. The van der Waals surface area contributed by atoms with E-state index < -0.39 is 0 Å². The Kier molecular flexibility index (Phi) is 2.45. The number of nitrogen functional groups attached to an aromatic ring is 1. The number of methoxy groups -OCH3 is 1. The molecule has 0 bridgehead atoms. The van der Waals surface area contributed by atoms with E-state index in [2.05, 4.69) is 5.32 Å². The lowest BCUT2D eigenvalue weighted by molar-refractivity contribution is 0.0709. The Balaban J connectivity index is 2.21. The van der Waals surface area contributed by atoms with Gasteiger partial charge < -0.3 is 20.5 Å². The molecule has 0 radical (unpaired) electrons. The van der Waals surface area contributed by atoms with Gasteiger partial charge in [-0.15, -0.1) is 0 Å². The molecule has 1 heterocycles. The second-order valence-electron chi connectivity index (χ2n) is 3.31. The number of anilines is 2. The van der Waals surface area contributed by atoms with Crippen LogP contribution >= 0.6 is 0 Å². The minimum absolute atomic E-state index is 0.0867. The molecular weight excluding hydrogens is 180 g/mol. The maximum atomic E-state index is 5.67. The molecule has 2 rings (SSSR count). The first kappa shape index (κ1) is 9.15. The van der Waals surface area contributed by atoms with Crippen LogP contribution in [-0.4, -0.2) is 26.4 Å². The van der Waals surface area contributed by atoms with E-state index in [4.69, 9.17) is 15.2 Å². The molecule has 76 valence electrons. The predicted octanol–water partition coefficient (Wildman–Crippen LogP) is 1.09. The van der Waals surface area contributed by atoms with Crippen molar-refractivity contribution in [1.82, 2.24) is 0 Å². The first-order valence-corrected chi connectivity index (χ1v) is 4.58. The lowest BCUT2D eigenvalue weighted by atomic mass is 10.2. The van der Waals surface area contributed by atoms with Crippen molar-refractivity contribution in [3.63, 3.8) is 0 Å². The standard InChI is InChI=1S/C10H14N2O2/c1-13-8-5-12-9-4-7(11)2-3-10(9)14-6-8/h2-4,8,12H,5-6,11H2,1H3/t8-/m1/s1. The smallest absolute Gasteiger partial charge is 0.142 e. The molecule has 1 aromatic carbocycles. The molecule has 0 amide bonds. The highest BCUT2D eigenvalue weighted by atomic mass is 16.5. The number of nitrogens with two attached hydrogens (primary N) is 1. The predicted molar refractivity (Wildman–Crippen MR) is 55.6 cm³/mol. The van der Waals surface area contributed by atoms with Crippen molar-refractivity contribution in [3.8, 4) is 5.75 Å². The first-order chi connectivity index (χ1) is 6.79. The van der Waals surface area contributed by atoms with Crippen molar-refractivity contribution in [2.75, 3.05) is 31.3 Å². The van der Waals surface area contributed by atoms with Crippen LogP contribution < -0.4 is 15.8 Å². The van der Waals surface area contributed by atoms with E-state index in [0.717, 1.165) is 23.7 Å². The Morgan fingerprint density at radius 1 is 1.57 bits per heavy atom. The summed E-state index contributed by atoms with van der Waals surface area (Å²) in [6.45, 7) is 1.31. The molecule has 0 aromatic heterocycles. The lowest BCUT2D eigenvalue weighted by Crippen LogP contribution is -2.25. The van der Waals surface area contributed by atoms with Gasteiger partial charge in [0.25, 0.3) is 0 Å². The Bertz CT molecular complexity index is 328. The summed E-state index contributed by atoms with van der Waals surface area (Å²) in [5.74, 6) is 0.832. The van der Waals surface area contributed by atoms with Gasteiger partial charge in [0.1, 0.15) is 18.5 Å². The molecule has 14 heavy (non-hydrogen) atoms. The van der Waals surface area contributed by atoms with Gasteiger partial charge in [-0.3, -0.25) is 0 Å². The Labute approximate surface area is 83.0 Å². The fourth-order valence-electron chi connectivity index (χ4n) is 1.43. The maximum absolute atomic E-state index is 5.67. The Morgan fingerprint density at radius 2 is 2.43 bits per heavy atom. The van der Waals surface area contributed by atoms with E-state index in [1.807, 2.05) is 18.2 Å². The number of benzene rings is 1. The highest BCUT2D eigenvalue weighted by Crippen LogP contribution is 2.28. The molecule has 0 aliphatic carbocycles. The van der Waals surface area contributed by atoms with Gasteiger partial charge in [-0.2, -0.15) is 0 Å². The van der Waals surface area contributed by atoms with Crippen LogP contribution in [0, 0.1) is 0 Å². The molecule has 4 nitrogen and oxygen atoms in total. The molecule has 1 atom stereocenters. The van der Waals surface area contributed by atoms with Crippen molar-refractivity contribution < 1.29 is 9.47 Å². The topological polar surface area (TPSA) is 56.5 Å². The van der Waals surface area contributed by atoms with Crippen molar-refractivity contribution >= 4 is 11.4 Å². The summed E-state index contributed by atoms with van der Waals surface area (Å²) in [5, 5.41) is 3.24. The van der Waals surface area contributed by atoms with Crippen molar-refractivity contribution in [3.05, 3.63) is 18.2 Å². The molecule has 0 fully saturated rings. The van der Waals surface area contributed by atoms with Crippen LogP contribution in [0.4, 0.5) is 11.4 Å². The second kappa shape index (κ2) is 3.75. The summed E-state index contributed by atoms with van der Waals surface area (Å²) in [6, 6.07) is 5.57. The molecule has 3 N–H and O–H groups in total. The van der Waals surface area contributed by atoms with E-state index in [1.165, 1.54) is 0 Å². The van der Waals surface area contributed by atoms with Crippen LogP contribution in [0.15, 0.2) is 18.2 Å². The van der Waals surface area contributed by atoms with Crippen LogP contribution in [-0.2, 0) is 4.74 Å². The highest BCUT2D eigenvalue weighted by Gasteiger charge is 2.15. The monoisotopic (exact) mass is 194 g/mol. The van der Waals surface area contributed by atoms with Crippen molar-refractivity contribution in [2.45, 2.75) is 6.10 Å². The lowest BCUT2D eigenvalue weighted by Gasteiger charge is -2.10. The van der Waals surface area contributed by atoms with Crippen molar-refractivity contribution in [2.24, 2.45) is 0 Å². The van der Waals surface area contributed by atoms with Gasteiger partial charge in [-0.1, -0.05) is 0 Å². The Morgan fingerprint density at radius 3 is 3.21 bits per heavy atom. The number of rotatable bonds is 1. The Hall–Kier alpha value is -1.42. The molecule has 4 heteroatoms. The zero-order valence-corrected chi connectivity index (χ0v) is 8.12. The molecular formula is C10H14N2O2. The number of hydrogen-bond acceptors (Lipinski definition) is 4. The van der Waals surface area contributed by atoms with Gasteiger partial charge >= 0.3 is 0 Å². The van der Waals surface area contributed by atoms with E-state index in [0.29, 0.717) is 6.61 Å². The summed E-state index contributed by atoms with van der Waals surface area (Å²) in [5.41, 5.74) is 7.34. The third-order valence-electron chi connectivity index (χ3n) is 2.28. The number of ether oxygens (including phenoxy) is 2. The summed E-state index contributed by atoms with van der Waals surface area (Å²) in [4.78, 5) is 0. The highest BCUT2D eigenvalue weighted by molar-refractivity contribution is 5.63.